The summed E-state index contributed by atoms with van der Waals surface area (Å²) in [5, 5.41) is 0. The molecule has 1 aliphatic heterocycles. The van der Waals surface area contributed by atoms with Gasteiger partial charge >= 0.3 is 0 Å². The molecule has 3 heteroatoms. The van der Waals surface area contributed by atoms with E-state index >= 15 is 0 Å². The lowest BCUT2D eigenvalue weighted by Gasteiger charge is -2.41. The normalized spacial score (nSPS) is 35.5. The van der Waals surface area contributed by atoms with Gasteiger partial charge in [0.25, 0.3) is 0 Å². The summed E-state index contributed by atoms with van der Waals surface area (Å²) in [6.45, 7) is 9.16. The molecule has 14 heavy (non-hydrogen) atoms. The summed E-state index contributed by atoms with van der Waals surface area (Å²) in [7, 11) is 0. The summed E-state index contributed by atoms with van der Waals surface area (Å²) in [5.41, 5.74) is 5.63. The Labute approximate surface area is 86.6 Å². The molecule has 2 N–H and O–H groups in total. The number of rotatable bonds is 1. The Kier molecular flexibility index (Phi) is 3.53. The summed E-state index contributed by atoms with van der Waals surface area (Å²) < 4.78 is 0. The second-order valence-corrected chi connectivity index (χ2v) is 4.84. The van der Waals surface area contributed by atoms with Crippen LogP contribution in [0.25, 0.3) is 0 Å². The van der Waals surface area contributed by atoms with Crippen molar-refractivity contribution in [1.29, 1.82) is 0 Å². The van der Waals surface area contributed by atoms with Crippen LogP contribution < -0.4 is 5.73 Å². The summed E-state index contributed by atoms with van der Waals surface area (Å²) >= 11 is 0. The van der Waals surface area contributed by atoms with Crippen molar-refractivity contribution in [2.75, 3.05) is 6.54 Å². The van der Waals surface area contributed by atoms with Crippen LogP contribution in [0.3, 0.4) is 0 Å². The van der Waals surface area contributed by atoms with Gasteiger partial charge in [0, 0.05) is 12.6 Å². The van der Waals surface area contributed by atoms with Gasteiger partial charge in [-0.25, -0.2) is 0 Å². The molecule has 0 aromatic heterocycles. The highest BCUT2D eigenvalue weighted by molar-refractivity contribution is 5.81. The van der Waals surface area contributed by atoms with E-state index in [2.05, 4.69) is 20.8 Å². The predicted molar refractivity (Wildman–Crippen MR) is 57.8 cm³/mol. The van der Waals surface area contributed by atoms with Crippen LogP contribution in [-0.2, 0) is 4.79 Å². The summed E-state index contributed by atoms with van der Waals surface area (Å²) in [6.07, 6.45) is 1.21. The molecular formula is C11H22N2O. The van der Waals surface area contributed by atoms with Gasteiger partial charge in [-0.2, -0.15) is 0 Å². The third-order valence-corrected chi connectivity index (χ3v) is 3.27. The fraction of sp³-hybridized carbons (Fsp3) is 0.909. The van der Waals surface area contributed by atoms with Crippen molar-refractivity contribution >= 4 is 5.91 Å². The van der Waals surface area contributed by atoms with E-state index in [1.54, 1.807) is 6.92 Å². The number of carbonyl (C=O) groups excluding carboxylic acids is 1. The van der Waals surface area contributed by atoms with Crippen LogP contribution in [0.15, 0.2) is 0 Å². The number of piperidine rings is 1. The number of nitrogens with zero attached hydrogens (tertiary/aromatic N) is 1. The maximum atomic E-state index is 11.8. The molecular weight excluding hydrogens is 176 g/mol. The number of likely N-dealkylation sites (tertiary alicyclic amines) is 1. The average Bonchev–Trinajstić information content (AvgIpc) is 2.09. The molecule has 1 aliphatic rings. The maximum Gasteiger partial charge on any atom is 0.239 e. The molecule has 1 rings (SSSR count). The van der Waals surface area contributed by atoms with Gasteiger partial charge in [0.2, 0.25) is 5.91 Å². The van der Waals surface area contributed by atoms with Crippen LogP contribution in [0.5, 0.6) is 0 Å². The Morgan fingerprint density at radius 3 is 2.50 bits per heavy atom. The standard InChI is InChI=1S/C11H22N2O/c1-7-5-8(2)10(4)13(6-7)11(14)9(3)12/h7-10H,5-6,12H2,1-4H3/t7?,8?,9-,10?/m1/s1. The van der Waals surface area contributed by atoms with E-state index in [1.165, 1.54) is 6.42 Å². The minimum atomic E-state index is -0.366. The van der Waals surface area contributed by atoms with Crippen LogP contribution in [0, 0.1) is 11.8 Å². The molecule has 1 amide bonds. The zero-order valence-electron chi connectivity index (χ0n) is 9.66. The largest absolute Gasteiger partial charge is 0.338 e. The summed E-state index contributed by atoms with van der Waals surface area (Å²) in [5.74, 6) is 1.28. The first-order valence-electron chi connectivity index (χ1n) is 5.49. The van der Waals surface area contributed by atoms with Crippen LogP contribution in [0.4, 0.5) is 0 Å². The van der Waals surface area contributed by atoms with Crippen LogP contribution in [-0.4, -0.2) is 29.4 Å². The molecule has 0 radical (unpaired) electrons. The molecule has 3 unspecified atom stereocenters. The van der Waals surface area contributed by atoms with E-state index in [1.807, 2.05) is 4.90 Å². The predicted octanol–water partition coefficient (Wildman–Crippen LogP) is 1.23. The molecule has 1 fully saturated rings. The Morgan fingerprint density at radius 1 is 1.43 bits per heavy atom. The first-order chi connectivity index (χ1) is 6.43. The molecule has 0 aromatic carbocycles. The number of hydrogen-bond donors (Lipinski definition) is 1. The fourth-order valence-corrected chi connectivity index (χ4v) is 2.27. The fourth-order valence-electron chi connectivity index (χ4n) is 2.27. The lowest BCUT2D eigenvalue weighted by Crippen LogP contribution is -2.53. The van der Waals surface area contributed by atoms with Gasteiger partial charge in [-0.05, 0) is 32.1 Å². The Balaban J connectivity index is 2.71. The van der Waals surface area contributed by atoms with E-state index in [9.17, 15) is 4.79 Å². The van der Waals surface area contributed by atoms with E-state index < -0.39 is 0 Å². The second-order valence-electron chi connectivity index (χ2n) is 4.84. The smallest absolute Gasteiger partial charge is 0.239 e. The quantitative estimate of drug-likeness (QED) is 0.688. The third kappa shape index (κ3) is 2.27. The lowest BCUT2D eigenvalue weighted by atomic mass is 9.85. The highest BCUT2D eigenvalue weighted by atomic mass is 16.2. The van der Waals surface area contributed by atoms with E-state index in [-0.39, 0.29) is 11.9 Å². The molecule has 1 saturated heterocycles. The zero-order chi connectivity index (χ0) is 10.9. The molecule has 0 spiro atoms. The first-order valence-corrected chi connectivity index (χ1v) is 5.49. The minimum absolute atomic E-state index is 0.0934. The molecule has 4 atom stereocenters. The number of hydrogen-bond acceptors (Lipinski definition) is 2. The summed E-state index contributed by atoms with van der Waals surface area (Å²) in [4.78, 5) is 13.7. The Morgan fingerprint density at radius 2 is 2.00 bits per heavy atom. The van der Waals surface area contributed by atoms with Gasteiger partial charge in [0.15, 0.2) is 0 Å². The van der Waals surface area contributed by atoms with Crippen molar-refractivity contribution in [1.82, 2.24) is 4.90 Å². The average molecular weight is 198 g/mol. The molecule has 3 nitrogen and oxygen atoms in total. The van der Waals surface area contributed by atoms with Gasteiger partial charge in [-0.15, -0.1) is 0 Å². The first kappa shape index (κ1) is 11.5. The van der Waals surface area contributed by atoms with E-state index in [4.69, 9.17) is 5.73 Å². The Hall–Kier alpha value is -0.570. The van der Waals surface area contributed by atoms with Crippen molar-refractivity contribution in [3.05, 3.63) is 0 Å². The van der Waals surface area contributed by atoms with Crippen LogP contribution in [0.2, 0.25) is 0 Å². The van der Waals surface area contributed by atoms with Crippen molar-refractivity contribution in [2.45, 2.75) is 46.2 Å². The Bertz CT molecular complexity index is 215. The molecule has 0 saturated carbocycles. The molecule has 0 bridgehead atoms. The minimum Gasteiger partial charge on any atom is -0.338 e. The highest BCUT2D eigenvalue weighted by Crippen LogP contribution is 2.27. The van der Waals surface area contributed by atoms with Crippen molar-refractivity contribution in [3.8, 4) is 0 Å². The topological polar surface area (TPSA) is 46.3 Å². The SMILES string of the molecule is CC1CC(C)C(C)N(C(=O)[C@@H](C)N)C1. The zero-order valence-corrected chi connectivity index (χ0v) is 9.66. The summed E-state index contributed by atoms with van der Waals surface area (Å²) in [6, 6.07) is -0.0281. The molecule has 1 heterocycles. The van der Waals surface area contributed by atoms with Gasteiger partial charge in [-0.1, -0.05) is 13.8 Å². The van der Waals surface area contributed by atoms with Gasteiger partial charge in [0.05, 0.1) is 6.04 Å². The highest BCUT2D eigenvalue weighted by Gasteiger charge is 2.32. The van der Waals surface area contributed by atoms with Gasteiger partial charge in [-0.3, -0.25) is 4.79 Å². The van der Waals surface area contributed by atoms with E-state index in [0.717, 1.165) is 6.54 Å². The second kappa shape index (κ2) is 4.30. The lowest BCUT2D eigenvalue weighted by molar-refractivity contribution is -0.138. The molecule has 0 aromatic rings. The van der Waals surface area contributed by atoms with Crippen molar-refractivity contribution in [2.24, 2.45) is 17.6 Å². The van der Waals surface area contributed by atoms with Gasteiger partial charge in [0.1, 0.15) is 0 Å². The molecule has 82 valence electrons. The number of nitrogens with two attached hydrogens (primary N) is 1. The van der Waals surface area contributed by atoms with Crippen LogP contribution >= 0.6 is 0 Å². The maximum absolute atomic E-state index is 11.8. The van der Waals surface area contributed by atoms with Gasteiger partial charge < -0.3 is 10.6 Å². The van der Waals surface area contributed by atoms with Crippen LogP contribution in [0.1, 0.15) is 34.1 Å². The van der Waals surface area contributed by atoms with Crippen molar-refractivity contribution < 1.29 is 4.79 Å². The number of amides is 1. The molecule has 0 aliphatic carbocycles. The number of carbonyl (C=O) groups is 1. The van der Waals surface area contributed by atoms with E-state index in [0.29, 0.717) is 17.9 Å². The monoisotopic (exact) mass is 198 g/mol. The third-order valence-electron chi connectivity index (χ3n) is 3.27. The van der Waals surface area contributed by atoms with Crippen molar-refractivity contribution in [3.63, 3.8) is 0 Å².